The van der Waals surface area contributed by atoms with Crippen LogP contribution in [0.15, 0.2) is 24.8 Å². The average molecular weight is 351 g/mol. The average Bonchev–Trinajstić information content (AvgIpc) is 2.91. The number of aromatic hydroxyl groups is 1. The van der Waals surface area contributed by atoms with Gasteiger partial charge in [0.05, 0.1) is 11.0 Å². The van der Waals surface area contributed by atoms with Gasteiger partial charge < -0.3 is 14.9 Å². The van der Waals surface area contributed by atoms with E-state index in [1.54, 1.807) is 6.07 Å². The first kappa shape index (κ1) is 17.6. The molecule has 4 aliphatic rings. The number of phenols is 1. The monoisotopic (exact) mass is 351 g/mol. The number of aliphatic hydroxyl groups is 1. The number of Topliss-reactive ketones (excluding diaryl/α,β-unsaturated/α-hetero) is 1. The van der Waals surface area contributed by atoms with Crippen molar-refractivity contribution in [3.05, 3.63) is 35.9 Å². The number of rotatable bonds is 2. The topological polar surface area (TPSA) is 70.0 Å². The normalized spacial score (nSPS) is 37.7. The second-order valence-corrected chi connectivity index (χ2v) is 7.56. The molecule has 1 aromatic rings. The van der Waals surface area contributed by atoms with Gasteiger partial charge in [-0.25, -0.2) is 0 Å². The molecule has 0 unspecified atom stereocenters. The van der Waals surface area contributed by atoms with Gasteiger partial charge in [-0.1, -0.05) is 12.1 Å². The van der Waals surface area contributed by atoms with Crippen LogP contribution >= 0.6 is 0 Å². The van der Waals surface area contributed by atoms with Gasteiger partial charge in [0.2, 0.25) is 0 Å². The molecule has 2 aliphatic carbocycles. The molecule has 25 heavy (non-hydrogen) atoms. The van der Waals surface area contributed by atoms with Crippen molar-refractivity contribution in [2.75, 3.05) is 13.1 Å². The molecular formula is C19H22NNaO4. The Morgan fingerprint density at radius 2 is 2.20 bits per heavy atom. The first-order valence-corrected chi connectivity index (χ1v) is 8.65. The first-order chi connectivity index (χ1) is 11.5. The number of hydrogen-bond acceptors (Lipinski definition) is 5. The molecular weight excluding hydrogens is 329 g/mol. The van der Waals surface area contributed by atoms with Gasteiger partial charge in [-0.3, -0.25) is 9.69 Å². The van der Waals surface area contributed by atoms with Crippen LogP contribution in [0.5, 0.6) is 11.5 Å². The summed E-state index contributed by atoms with van der Waals surface area (Å²) in [4.78, 5) is 14.9. The Bertz CT molecular complexity index is 781. The van der Waals surface area contributed by atoms with Gasteiger partial charge in [0, 0.05) is 31.1 Å². The van der Waals surface area contributed by atoms with E-state index >= 15 is 0 Å². The summed E-state index contributed by atoms with van der Waals surface area (Å²) in [5, 5.41) is 22.1. The number of phenolic OH excluding ortho intramolecular Hbond substituents is 1. The molecule has 4 atom stereocenters. The van der Waals surface area contributed by atoms with Gasteiger partial charge >= 0.3 is 29.6 Å². The predicted octanol–water partition coefficient (Wildman–Crippen LogP) is 0.653. The minimum absolute atomic E-state index is 0. The number of piperidine rings is 1. The molecule has 6 heteroatoms. The van der Waals surface area contributed by atoms with Gasteiger partial charge in [0.15, 0.2) is 23.4 Å². The number of hydrogen-bond donors (Lipinski definition) is 2. The summed E-state index contributed by atoms with van der Waals surface area (Å²) in [6, 6.07) is 3.52. The van der Waals surface area contributed by atoms with Crippen LogP contribution < -0.4 is 4.74 Å². The molecule has 0 amide bonds. The molecule has 2 N–H and O–H groups in total. The van der Waals surface area contributed by atoms with Crippen LogP contribution in [0.4, 0.5) is 0 Å². The number of likely N-dealkylation sites (tertiary alicyclic amines) is 1. The zero-order valence-corrected chi connectivity index (χ0v) is 13.5. The van der Waals surface area contributed by atoms with Crippen LogP contribution in [0.3, 0.4) is 0 Å². The molecule has 5 rings (SSSR count). The van der Waals surface area contributed by atoms with Crippen molar-refractivity contribution in [3.8, 4) is 11.5 Å². The van der Waals surface area contributed by atoms with Gasteiger partial charge in [-0.2, -0.15) is 0 Å². The molecule has 0 radical (unpaired) electrons. The standard InChI is InChI=1S/C19H21NO4.Na.H/c1-2-8-20-9-7-18-15-11-3-4-12(21)16(15)24-17(18)13(22)5-6-19(18,23)14(20)10-11;;/h2-4,14,17,21,23H,1,5-10H2;;/t14-,17+,18+,19-;;/m1../s1. The van der Waals surface area contributed by atoms with E-state index < -0.39 is 17.1 Å². The maximum absolute atomic E-state index is 12.6. The van der Waals surface area contributed by atoms with Crippen LogP contribution in [0.1, 0.15) is 30.4 Å². The quantitative estimate of drug-likeness (QED) is 0.605. The number of carbonyl (C=O) groups excluding carboxylic acids is 1. The van der Waals surface area contributed by atoms with E-state index in [1.165, 1.54) is 0 Å². The van der Waals surface area contributed by atoms with Gasteiger partial charge in [-0.15, -0.1) is 6.58 Å². The van der Waals surface area contributed by atoms with Crippen LogP contribution in [0.2, 0.25) is 0 Å². The van der Waals surface area contributed by atoms with Crippen molar-refractivity contribution in [2.45, 2.75) is 48.8 Å². The zero-order valence-electron chi connectivity index (χ0n) is 13.5. The Kier molecular flexibility index (Phi) is 3.91. The molecule has 2 bridgehead atoms. The fraction of sp³-hybridized carbons (Fsp3) is 0.526. The second-order valence-electron chi connectivity index (χ2n) is 7.56. The summed E-state index contributed by atoms with van der Waals surface area (Å²) in [7, 11) is 0. The van der Waals surface area contributed by atoms with E-state index in [9.17, 15) is 15.0 Å². The van der Waals surface area contributed by atoms with Gasteiger partial charge in [0.1, 0.15) is 0 Å². The molecule has 128 valence electrons. The van der Waals surface area contributed by atoms with Crippen molar-refractivity contribution in [3.63, 3.8) is 0 Å². The predicted molar refractivity (Wildman–Crippen MR) is 94.4 cm³/mol. The summed E-state index contributed by atoms with van der Waals surface area (Å²) in [6.07, 6.45) is 3.35. The van der Waals surface area contributed by atoms with E-state index in [2.05, 4.69) is 11.5 Å². The summed E-state index contributed by atoms with van der Waals surface area (Å²) >= 11 is 0. The molecule has 5 nitrogen and oxygen atoms in total. The van der Waals surface area contributed by atoms with E-state index in [0.717, 1.165) is 24.2 Å². The van der Waals surface area contributed by atoms with Crippen molar-refractivity contribution >= 4 is 35.3 Å². The third-order valence-electron chi connectivity index (χ3n) is 6.73. The SMILES string of the molecule is C=CCN1CC[C@]23c4c5ccc(O)c4O[C@H]2C(=O)CC[C@@]3(O)[C@H]1C5.[NaH]. The summed E-state index contributed by atoms with van der Waals surface area (Å²) in [5.41, 5.74) is 0.256. The van der Waals surface area contributed by atoms with Crippen LogP contribution in [-0.2, 0) is 16.6 Å². The van der Waals surface area contributed by atoms with E-state index in [4.69, 9.17) is 4.74 Å². The molecule has 2 aliphatic heterocycles. The Morgan fingerprint density at radius 3 is 2.96 bits per heavy atom. The van der Waals surface area contributed by atoms with E-state index in [1.807, 2.05) is 12.1 Å². The number of ether oxygens (including phenoxy) is 1. The number of benzene rings is 1. The van der Waals surface area contributed by atoms with Crippen molar-refractivity contribution in [2.24, 2.45) is 0 Å². The minimum atomic E-state index is -1.00. The van der Waals surface area contributed by atoms with Crippen LogP contribution in [-0.4, -0.2) is 81.3 Å². The Hall–Kier alpha value is -0.850. The fourth-order valence-corrected chi connectivity index (χ4v) is 5.80. The molecule has 1 aromatic carbocycles. The zero-order chi connectivity index (χ0) is 16.7. The number of carbonyl (C=O) groups is 1. The Labute approximate surface area is 168 Å². The molecule has 1 saturated carbocycles. The molecule has 1 saturated heterocycles. The second kappa shape index (κ2) is 5.57. The number of ketones is 1. The summed E-state index contributed by atoms with van der Waals surface area (Å²) in [5.74, 6) is 0.528. The molecule has 1 spiro atoms. The van der Waals surface area contributed by atoms with Crippen molar-refractivity contribution in [1.82, 2.24) is 4.90 Å². The summed E-state index contributed by atoms with van der Waals surface area (Å²) < 4.78 is 5.98. The third-order valence-corrected chi connectivity index (χ3v) is 6.73. The summed E-state index contributed by atoms with van der Waals surface area (Å²) in [6.45, 7) is 5.36. The molecule has 2 fully saturated rings. The Morgan fingerprint density at radius 1 is 1.40 bits per heavy atom. The maximum atomic E-state index is 12.6. The molecule has 2 heterocycles. The van der Waals surface area contributed by atoms with Crippen LogP contribution in [0.25, 0.3) is 0 Å². The van der Waals surface area contributed by atoms with Gasteiger partial charge in [-0.05, 0) is 30.9 Å². The van der Waals surface area contributed by atoms with E-state index in [-0.39, 0.29) is 47.1 Å². The van der Waals surface area contributed by atoms with Crippen molar-refractivity contribution in [1.29, 1.82) is 0 Å². The van der Waals surface area contributed by atoms with Crippen molar-refractivity contribution < 1.29 is 19.7 Å². The number of nitrogens with zero attached hydrogens (tertiary/aromatic N) is 1. The van der Waals surface area contributed by atoms with Gasteiger partial charge in [0.25, 0.3) is 0 Å². The van der Waals surface area contributed by atoms with Crippen LogP contribution in [0, 0.1) is 0 Å². The first-order valence-electron chi connectivity index (χ1n) is 8.65. The fourth-order valence-electron chi connectivity index (χ4n) is 5.80. The Balaban J connectivity index is 0.00000157. The van der Waals surface area contributed by atoms with E-state index in [0.29, 0.717) is 31.4 Å². The third kappa shape index (κ3) is 1.88. The molecule has 0 aromatic heterocycles.